The molecule has 5 nitrogen and oxygen atoms in total. The Morgan fingerprint density at radius 3 is 2.48 bits per heavy atom. The lowest BCUT2D eigenvalue weighted by Crippen LogP contribution is -2.38. The highest BCUT2D eigenvalue weighted by atomic mass is 127. The largest absolute Gasteiger partial charge is 0.497 e. The van der Waals surface area contributed by atoms with Crippen molar-refractivity contribution in [3.05, 3.63) is 59.4 Å². The lowest BCUT2D eigenvalue weighted by Gasteiger charge is -2.13. The van der Waals surface area contributed by atoms with E-state index in [1.807, 2.05) is 31.2 Å². The van der Waals surface area contributed by atoms with Crippen LogP contribution in [0.4, 0.5) is 4.39 Å². The first-order valence-electron chi connectivity index (χ1n) is 8.64. The highest BCUT2D eigenvalue weighted by Gasteiger charge is 2.06. The molecule has 0 amide bonds. The Hall–Kier alpha value is -2.03. The van der Waals surface area contributed by atoms with Crippen LogP contribution in [0.2, 0.25) is 0 Å². The smallest absolute Gasteiger partial charge is 0.191 e. The molecule has 2 aromatic carbocycles. The highest BCUT2D eigenvalue weighted by molar-refractivity contribution is 14.0. The quantitative estimate of drug-likeness (QED) is 0.339. The van der Waals surface area contributed by atoms with E-state index in [2.05, 4.69) is 15.6 Å². The van der Waals surface area contributed by atoms with Crippen molar-refractivity contribution in [3.8, 4) is 11.5 Å². The summed E-state index contributed by atoms with van der Waals surface area (Å²) in [5, 5.41) is 6.43. The zero-order chi connectivity index (χ0) is 18.8. The Kier molecular flexibility index (Phi) is 10.5. The molecule has 0 aliphatic heterocycles. The number of ether oxygens (including phenoxy) is 2. The van der Waals surface area contributed by atoms with Gasteiger partial charge in [-0.1, -0.05) is 18.2 Å². The van der Waals surface area contributed by atoms with Crippen molar-refractivity contribution in [3.63, 3.8) is 0 Å². The first kappa shape index (κ1) is 23.0. The Labute approximate surface area is 177 Å². The normalized spacial score (nSPS) is 10.7. The number of halogens is 2. The third kappa shape index (κ3) is 7.24. The minimum Gasteiger partial charge on any atom is -0.497 e. The van der Waals surface area contributed by atoms with Gasteiger partial charge in [0.05, 0.1) is 20.8 Å². The molecule has 7 heteroatoms. The van der Waals surface area contributed by atoms with Crippen molar-refractivity contribution < 1.29 is 13.9 Å². The average molecular weight is 487 g/mol. The molecular weight excluding hydrogens is 460 g/mol. The monoisotopic (exact) mass is 487 g/mol. The van der Waals surface area contributed by atoms with Crippen LogP contribution in [0.25, 0.3) is 0 Å². The number of nitrogens with zero attached hydrogens (tertiary/aromatic N) is 1. The summed E-state index contributed by atoms with van der Waals surface area (Å²) in [6.07, 6.45) is 0.586. The summed E-state index contributed by atoms with van der Waals surface area (Å²) in [5.74, 6) is 1.97. The summed E-state index contributed by atoms with van der Waals surface area (Å²) < 4.78 is 24.3. The molecule has 2 aromatic rings. The van der Waals surface area contributed by atoms with Crippen LogP contribution in [-0.2, 0) is 13.0 Å². The average Bonchev–Trinajstić information content (AvgIpc) is 2.67. The van der Waals surface area contributed by atoms with Gasteiger partial charge in [0.15, 0.2) is 5.96 Å². The van der Waals surface area contributed by atoms with Gasteiger partial charge in [-0.15, -0.1) is 24.0 Å². The maximum Gasteiger partial charge on any atom is 0.191 e. The van der Waals surface area contributed by atoms with Crippen LogP contribution in [0.5, 0.6) is 11.5 Å². The summed E-state index contributed by atoms with van der Waals surface area (Å²) in [5.41, 5.74) is 1.65. The molecule has 0 bridgehead atoms. The van der Waals surface area contributed by atoms with Crippen molar-refractivity contribution >= 4 is 29.9 Å². The van der Waals surface area contributed by atoms with Gasteiger partial charge < -0.3 is 20.1 Å². The SMILES string of the molecule is CCNC(=NCc1ccc(OC)cc1OC)NCCc1ccccc1F.I. The minimum atomic E-state index is -0.181. The molecule has 0 saturated heterocycles. The Morgan fingerprint density at radius 1 is 1.04 bits per heavy atom. The Morgan fingerprint density at radius 2 is 1.81 bits per heavy atom. The number of aliphatic imine (C=N–C) groups is 1. The molecule has 0 saturated carbocycles. The fraction of sp³-hybridized carbons (Fsp3) is 0.350. The van der Waals surface area contributed by atoms with E-state index in [0.717, 1.165) is 23.6 Å². The fourth-order valence-electron chi connectivity index (χ4n) is 2.51. The maximum atomic E-state index is 13.7. The van der Waals surface area contributed by atoms with Gasteiger partial charge in [-0.25, -0.2) is 9.38 Å². The van der Waals surface area contributed by atoms with Crippen LogP contribution in [-0.4, -0.2) is 33.3 Å². The van der Waals surface area contributed by atoms with Crippen LogP contribution >= 0.6 is 24.0 Å². The number of nitrogens with one attached hydrogen (secondary N) is 2. The molecular formula is C20H27FIN3O2. The molecule has 0 radical (unpaired) electrons. The first-order valence-corrected chi connectivity index (χ1v) is 8.64. The van der Waals surface area contributed by atoms with Crippen LogP contribution in [0, 0.1) is 5.82 Å². The molecule has 148 valence electrons. The maximum absolute atomic E-state index is 13.7. The van der Waals surface area contributed by atoms with Crippen molar-refractivity contribution in [2.45, 2.75) is 19.9 Å². The first-order chi connectivity index (χ1) is 12.7. The number of guanidine groups is 1. The fourth-order valence-corrected chi connectivity index (χ4v) is 2.51. The van der Waals surface area contributed by atoms with Crippen molar-refractivity contribution in [1.82, 2.24) is 10.6 Å². The topological polar surface area (TPSA) is 54.9 Å². The predicted octanol–water partition coefficient (Wildman–Crippen LogP) is 3.76. The molecule has 0 aliphatic rings. The van der Waals surface area contributed by atoms with E-state index in [0.29, 0.717) is 31.0 Å². The molecule has 0 unspecified atom stereocenters. The van der Waals surface area contributed by atoms with Crippen molar-refractivity contribution in [1.29, 1.82) is 0 Å². The van der Waals surface area contributed by atoms with Crippen LogP contribution in [0.1, 0.15) is 18.1 Å². The van der Waals surface area contributed by atoms with Gasteiger partial charge in [-0.05, 0) is 37.1 Å². The number of benzene rings is 2. The summed E-state index contributed by atoms with van der Waals surface area (Å²) in [6, 6.07) is 12.5. The molecule has 0 fully saturated rings. The van der Waals surface area contributed by atoms with Crippen molar-refractivity contribution in [2.75, 3.05) is 27.3 Å². The lowest BCUT2D eigenvalue weighted by molar-refractivity contribution is 0.391. The van der Waals surface area contributed by atoms with E-state index in [1.54, 1.807) is 26.4 Å². The van der Waals surface area contributed by atoms with Gasteiger partial charge >= 0.3 is 0 Å². The zero-order valence-electron chi connectivity index (χ0n) is 15.9. The van der Waals surface area contributed by atoms with Gasteiger partial charge in [-0.3, -0.25) is 0 Å². The molecule has 0 aromatic heterocycles. The van der Waals surface area contributed by atoms with Crippen LogP contribution in [0.3, 0.4) is 0 Å². The summed E-state index contributed by atoms with van der Waals surface area (Å²) in [4.78, 5) is 4.58. The molecule has 0 aliphatic carbocycles. The Balaban J connectivity index is 0.00000364. The number of hydrogen-bond acceptors (Lipinski definition) is 3. The standard InChI is InChI=1S/C20H26FN3O2.HI/c1-4-22-20(23-12-11-15-7-5-6-8-18(15)21)24-14-16-9-10-17(25-2)13-19(16)26-3;/h5-10,13H,4,11-12,14H2,1-3H3,(H2,22,23,24);1H. The Bertz CT molecular complexity index is 741. The van der Waals surface area contributed by atoms with E-state index < -0.39 is 0 Å². The number of methoxy groups -OCH3 is 2. The van der Waals surface area contributed by atoms with Gasteiger partial charge in [0.2, 0.25) is 0 Å². The van der Waals surface area contributed by atoms with E-state index in [-0.39, 0.29) is 29.8 Å². The third-order valence-corrected chi connectivity index (χ3v) is 3.89. The molecule has 0 heterocycles. The number of hydrogen-bond donors (Lipinski definition) is 2. The second kappa shape index (κ2) is 12.4. The molecule has 27 heavy (non-hydrogen) atoms. The summed E-state index contributed by atoms with van der Waals surface area (Å²) in [6.45, 7) is 3.79. The second-order valence-corrected chi connectivity index (χ2v) is 5.64. The third-order valence-electron chi connectivity index (χ3n) is 3.89. The van der Waals surface area contributed by atoms with Gasteiger partial charge in [0.1, 0.15) is 17.3 Å². The molecule has 0 spiro atoms. The molecule has 2 N–H and O–H groups in total. The van der Waals surface area contributed by atoms with E-state index in [9.17, 15) is 4.39 Å². The van der Waals surface area contributed by atoms with Gasteiger partial charge in [0, 0.05) is 24.7 Å². The highest BCUT2D eigenvalue weighted by Crippen LogP contribution is 2.25. The minimum absolute atomic E-state index is 0. The zero-order valence-corrected chi connectivity index (χ0v) is 18.3. The van der Waals surface area contributed by atoms with Gasteiger partial charge in [-0.2, -0.15) is 0 Å². The van der Waals surface area contributed by atoms with E-state index in [1.165, 1.54) is 6.07 Å². The number of rotatable bonds is 8. The lowest BCUT2D eigenvalue weighted by atomic mass is 10.1. The summed E-state index contributed by atoms with van der Waals surface area (Å²) in [7, 11) is 3.25. The van der Waals surface area contributed by atoms with E-state index >= 15 is 0 Å². The summed E-state index contributed by atoms with van der Waals surface area (Å²) >= 11 is 0. The van der Waals surface area contributed by atoms with E-state index in [4.69, 9.17) is 9.47 Å². The van der Waals surface area contributed by atoms with Crippen LogP contribution < -0.4 is 20.1 Å². The predicted molar refractivity (Wildman–Crippen MR) is 118 cm³/mol. The van der Waals surface area contributed by atoms with Crippen LogP contribution in [0.15, 0.2) is 47.5 Å². The molecule has 0 atom stereocenters. The second-order valence-electron chi connectivity index (χ2n) is 5.64. The van der Waals surface area contributed by atoms with Crippen molar-refractivity contribution in [2.24, 2.45) is 4.99 Å². The van der Waals surface area contributed by atoms with Gasteiger partial charge in [0.25, 0.3) is 0 Å². The molecule has 2 rings (SSSR count).